The van der Waals surface area contributed by atoms with Crippen molar-refractivity contribution in [2.75, 3.05) is 6.54 Å². The molecule has 0 unspecified atom stereocenters. The highest BCUT2D eigenvalue weighted by atomic mass is 35.5. The van der Waals surface area contributed by atoms with Gasteiger partial charge < -0.3 is 5.32 Å². The quantitative estimate of drug-likeness (QED) is 0.916. The summed E-state index contributed by atoms with van der Waals surface area (Å²) in [5, 5.41) is 7.16. The summed E-state index contributed by atoms with van der Waals surface area (Å²) < 4.78 is 1.73. The van der Waals surface area contributed by atoms with E-state index in [1.807, 2.05) is 27.1 Å². The maximum Gasteiger partial charge on any atom is 0.271 e. The summed E-state index contributed by atoms with van der Waals surface area (Å²) in [4.78, 5) is 20.5. The number of aryl methyl sites for hydroxylation is 1. The summed E-state index contributed by atoms with van der Waals surface area (Å²) in [7, 11) is 1.86. The third-order valence-electron chi connectivity index (χ3n) is 2.95. The van der Waals surface area contributed by atoms with Crippen molar-refractivity contribution in [1.29, 1.82) is 0 Å². The molecule has 2 aromatic heterocycles. The molecule has 0 aliphatic carbocycles. The molecule has 2 aromatic rings. The van der Waals surface area contributed by atoms with Gasteiger partial charge in [-0.05, 0) is 12.0 Å². The van der Waals surface area contributed by atoms with Crippen LogP contribution in [0.5, 0.6) is 0 Å². The van der Waals surface area contributed by atoms with Crippen LogP contribution in [0.1, 0.15) is 41.6 Å². The first-order valence-electron chi connectivity index (χ1n) is 6.75. The van der Waals surface area contributed by atoms with E-state index < -0.39 is 0 Å². The molecule has 1 amide bonds. The molecule has 6 nitrogen and oxygen atoms in total. The number of carbonyl (C=O) groups excluding carboxylic acids is 1. The van der Waals surface area contributed by atoms with Crippen molar-refractivity contribution >= 4 is 17.5 Å². The Kier molecular flexibility index (Phi) is 4.90. The van der Waals surface area contributed by atoms with Gasteiger partial charge in [0.25, 0.3) is 5.91 Å². The average Bonchev–Trinajstić information content (AvgIpc) is 2.84. The molecule has 21 heavy (non-hydrogen) atoms. The molecule has 112 valence electrons. The van der Waals surface area contributed by atoms with Gasteiger partial charge in [-0.2, -0.15) is 5.10 Å². The van der Waals surface area contributed by atoms with Gasteiger partial charge in [0.1, 0.15) is 11.5 Å². The Hall–Kier alpha value is -1.95. The molecule has 2 rings (SSSR count). The molecule has 0 atom stereocenters. The third kappa shape index (κ3) is 4.01. The molecular weight excluding hydrogens is 290 g/mol. The summed E-state index contributed by atoms with van der Waals surface area (Å²) >= 11 is 6.00. The van der Waals surface area contributed by atoms with Crippen molar-refractivity contribution in [3.8, 4) is 0 Å². The third-order valence-corrected chi connectivity index (χ3v) is 3.23. The first kappa shape index (κ1) is 15.4. The van der Waals surface area contributed by atoms with Crippen molar-refractivity contribution in [2.45, 2.75) is 26.2 Å². The minimum absolute atomic E-state index is 0.143. The van der Waals surface area contributed by atoms with Crippen molar-refractivity contribution in [1.82, 2.24) is 25.1 Å². The average molecular weight is 308 g/mol. The van der Waals surface area contributed by atoms with Crippen LogP contribution in [0, 0.1) is 0 Å². The number of hydrogen-bond donors (Lipinski definition) is 1. The second-order valence-corrected chi connectivity index (χ2v) is 5.51. The highest BCUT2D eigenvalue weighted by molar-refractivity contribution is 6.33. The number of nitrogens with one attached hydrogen (secondary N) is 1. The van der Waals surface area contributed by atoms with E-state index in [9.17, 15) is 4.79 Å². The number of rotatable bonds is 5. The fraction of sp³-hybridized carbons (Fsp3) is 0.429. The van der Waals surface area contributed by atoms with Gasteiger partial charge in [0.05, 0.1) is 17.4 Å². The Bertz CT molecular complexity index is 638. The summed E-state index contributed by atoms with van der Waals surface area (Å²) in [6.07, 6.45) is 5.88. The summed E-state index contributed by atoms with van der Waals surface area (Å²) in [6, 6.07) is 0. The molecule has 2 heterocycles. The van der Waals surface area contributed by atoms with Crippen LogP contribution in [0.2, 0.25) is 5.02 Å². The van der Waals surface area contributed by atoms with Crippen LogP contribution in [-0.4, -0.2) is 32.2 Å². The normalized spacial score (nSPS) is 10.9. The van der Waals surface area contributed by atoms with E-state index >= 15 is 0 Å². The zero-order valence-corrected chi connectivity index (χ0v) is 13.1. The maximum absolute atomic E-state index is 12.1. The molecule has 0 bridgehead atoms. The van der Waals surface area contributed by atoms with E-state index in [1.54, 1.807) is 10.9 Å². The second-order valence-electron chi connectivity index (χ2n) is 5.11. The molecule has 0 radical (unpaired) electrons. The molecule has 1 N–H and O–H groups in total. The molecule has 0 spiro atoms. The molecule has 0 aliphatic rings. The topological polar surface area (TPSA) is 72.7 Å². The van der Waals surface area contributed by atoms with Crippen LogP contribution in [-0.2, 0) is 13.5 Å². The van der Waals surface area contributed by atoms with Gasteiger partial charge in [-0.25, -0.2) is 9.97 Å². The predicted molar refractivity (Wildman–Crippen MR) is 80.4 cm³/mol. The number of carbonyl (C=O) groups is 1. The van der Waals surface area contributed by atoms with E-state index in [4.69, 9.17) is 11.6 Å². The van der Waals surface area contributed by atoms with Crippen LogP contribution in [0.3, 0.4) is 0 Å². The van der Waals surface area contributed by atoms with Crippen LogP contribution < -0.4 is 5.32 Å². The number of aromatic nitrogens is 4. The van der Waals surface area contributed by atoms with E-state index in [2.05, 4.69) is 20.4 Å². The smallest absolute Gasteiger partial charge is 0.271 e. The Morgan fingerprint density at radius 3 is 2.81 bits per heavy atom. The van der Waals surface area contributed by atoms with Crippen LogP contribution >= 0.6 is 11.6 Å². The molecule has 0 aromatic carbocycles. The van der Waals surface area contributed by atoms with Crippen molar-refractivity contribution in [3.63, 3.8) is 0 Å². The van der Waals surface area contributed by atoms with Crippen LogP contribution in [0.15, 0.2) is 18.6 Å². The molecule has 0 saturated carbocycles. The summed E-state index contributed by atoms with van der Waals surface area (Å²) in [5.41, 5.74) is 1.29. The summed E-state index contributed by atoms with van der Waals surface area (Å²) in [5.74, 6) is 0.467. The van der Waals surface area contributed by atoms with E-state index in [0.29, 0.717) is 18.8 Å². The highest BCUT2D eigenvalue weighted by Crippen LogP contribution is 2.16. The Balaban J connectivity index is 1.98. The van der Waals surface area contributed by atoms with Gasteiger partial charge in [-0.1, -0.05) is 25.4 Å². The Labute approximate surface area is 128 Å². The maximum atomic E-state index is 12.1. The number of nitrogens with zero attached hydrogens (tertiary/aromatic N) is 4. The predicted octanol–water partition coefficient (Wildman–Crippen LogP) is 1.96. The lowest BCUT2D eigenvalue weighted by Crippen LogP contribution is -2.27. The number of halogens is 1. The molecule has 0 saturated heterocycles. The SMILES string of the molecule is CC(C)c1ncc(Cl)c(C(=O)NCCc2cnn(C)c2)n1. The number of hydrogen-bond acceptors (Lipinski definition) is 4. The van der Waals surface area contributed by atoms with Gasteiger partial charge in [0.15, 0.2) is 0 Å². The van der Waals surface area contributed by atoms with Gasteiger partial charge >= 0.3 is 0 Å². The first-order chi connectivity index (χ1) is 9.97. The zero-order chi connectivity index (χ0) is 15.4. The fourth-order valence-electron chi connectivity index (χ4n) is 1.82. The Morgan fingerprint density at radius 2 is 2.19 bits per heavy atom. The lowest BCUT2D eigenvalue weighted by atomic mass is 10.2. The molecule has 0 fully saturated rings. The highest BCUT2D eigenvalue weighted by Gasteiger charge is 2.15. The van der Waals surface area contributed by atoms with Crippen molar-refractivity contribution < 1.29 is 4.79 Å². The van der Waals surface area contributed by atoms with Crippen molar-refractivity contribution in [2.24, 2.45) is 7.05 Å². The van der Waals surface area contributed by atoms with Gasteiger partial charge in [-0.15, -0.1) is 0 Å². The van der Waals surface area contributed by atoms with E-state index in [-0.39, 0.29) is 22.5 Å². The van der Waals surface area contributed by atoms with E-state index in [0.717, 1.165) is 5.56 Å². The Morgan fingerprint density at radius 1 is 1.43 bits per heavy atom. The lowest BCUT2D eigenvalue weighted by Gasteiger charge is -2.08. The van der Waals surface area contributed by atoms with E-state index in [1.165, 1.54) is 6.20 Å². The molecule has 0 aliphatic heterocycles. The lowest BCUT2D eigenvalue weighted by molar-refractivity contribution is 0.0949. The van der Waals surface area contributed by atoms with Crippen LogP contribution in [0.25, 0.3) is 0 Å². The first-order valence-corrected chi connectivity index (χ1v) is 7.13. The van der Waals surface area contributed by atoms with Gasteiger partial charge in [-0.3, -0.25) is 9.48 Å². The molecule has 7 heteroatoms. The second kappa shape index (κ2) is 6.67. The largest absolute Gasteiger partial charge is 0.350 e. The standard InChI is InChI=1S/C14H18ClN5O/c1-9(2)13-17-7-11(15)12(19-13)14(21)16-5-4-10-6-18-20(3)8-10/h6-9H,4-5H2,1-3H3,(H,16,21). The van der Waals surface area contributed by atoms with Gasteiger partial charge in [0.2, 0.25) is 0 Å². The summed E-state index contributed by atoms with van der Waals surface area (Å²) in [6.45, 7) is 4.43. The zero-order valence-electron chi connectivity index (χ0n) is 12.3. The van der Waals surface area contributed by atoms with Gasteiger partial charge in [0, 0.05) is 25.7 Å². The molecular formula is C14H18ClN5O. The monoisotopic (exact) mass is 307 g/mol. The fourth-order valence-corrected chi connectivity index (χ4v) is 2.00. The van der Waals surface area contributed by atoms with Crippen LogP contribution in [0.4, 0.5) is 0 Å². The van der Waals surface area contributed by atoms with Crippen molar-refractivity contribution in [3.05, 3.63) is 40.7 Å². The number of amides is 1. The minimum Gasteiger partial charge on any atom is -0.350 e. The minimum atomic E-state index is -0.284.